The second kappa shape index (κ2) is 11.8. The summed E-state index contributed by atoms with van der Waals surface area (Å²) in [6.07, 6.45) is 0.471. The zero-order valence-electron chi connectivity index (χ0n) is 15.8. The Hall–Kier alpha value is -1.77. The summed E-state index contributed by atoms with van der Waals surface area (Å²) < 4.78 is 0. The third kappa shape index (κ3) is 6.51. The standard InChI is InChI=1S/C19H29N5O.HI/c1-4-20-19(21-12-11-18(25)24(5-2)6-3)22-14-16-13-15-9-7-8-10-17(15)23-16;/h7-10,13,23H,4-6,11-12,14H2,1-3H3,(H2,20,21,22);1H. The Balaban J connectivity index is 0.00000338. The van der Waals surface area contributed by atoms with Gasteiger partial charge in [0, 0.05) is 43.8 Å². The Morgan fingerprint density at radius 1 is 1.15 bits per heavy atom. The van der Waals surface area contributed by atoms with Crippen LogP contribution in [-0.4, -0.2) is 47.9 Å². The van der Waals surface area contributed by atoms with Crippen LogP contribution in [0.2, 0.25) is 0 Å². The van der Waals surface area contributed by atoms with Crippen LogP contribution < -0.4 is 10.6 Å². The van der Waals surface area contributed by atoms with Crippen LogP contribution in [-0.2, 0) is 11.3 Å². The van der Waals surface area contributed by atoms with Gasteiger partial charge in [-0.25, -0.2) is 4.99 Å². The molecule has 0 unspecified atom stereocenters. The number of rotatable bonds is 8. The molecule has 2 rings (SSSR count). The van der Waals surface area contributed by atoms with Gasteiger partial charge in [-0.3, -0.25) is 4.79 Å². The fourth-order valence-electron chi connectivity index (χ4n) is 2.75. The molecule has 1 heterocycles. The number of fused-ring (bicyclic) bond motifs is 1. The average Bonchev–Trinajstić information content (AvgIpc) is 3.03. The maximum atomic E-state index is 12.0. The molecule has 3 N–H and O–H groups in total. The van der Waals surface area contributed by atoms with Gasteiger partial charge in [0.05, 0.1) is 6.54 Å². The third-order valence-corrected chi connectivity index (χ3v) is 4.08. The van der Waals surface area contributed by atoms with Crippen molar-refractivity contribution >= 4 is 46.7 Å². The number of halogens is 1. The summed E-state index contributed by atoms with van der Waals surface area (Å²) in [4.78, 5) is 21.9. The predicted octanol–water partition coefficient (Wildman–Crippen LogP) is 3.10. The van der Waals surface area contributed by atoms with E-state index < -0.39 is 0 Å². The molecule has 7 heteroatoms. The van der Waals surface area contributed by atoms with Crippen molar-refractivity contribution in [3.8, 4) is 0 Å². The molecule has 144 valence electrons. The molecule has 6 nitrogen and oxygen atoms in total. The van der Waals surface area contributed by atoms with E-state index in [4.69, 9.17) is 0 Å². The highest BCUT2D eigenvalue weighted by molar-refractivity contribution is 14.0. The highest BCUT2D eigenvalue weighted by Gasteiger charge is 2.09. The van der Waals surface area contributed by atoms with Crippen LogP contribution in [0, 0.1) is 0 Å². The summed E-state index contributed by atoms with van der Waals surface area (Å²) in [5.74, 6) is 0.900. The lowest BCUT2D eigenvalue weighted by atomic mass is 10.2. The Morgan fingerprint density at radius 3 is 2.54 bits per heavy atom. The molecule has 1 aromatic carbocycles. The fourth-order valence-corrected chi connectivity index (χ4v) is 2.75. The lowest BCUT2D eigenvalue weighted by molar-refractivity contribution is -0.130. The zero-order valence-corrected chi connectivity index (χ0v) is 18.2. The van der Waals surface area contributed by atoms with Crippen molar-refractivity contribution < 1.29 is 4.79 Å². The Morgan fingerprint density at radius 2 is 1.88 bits per heavy atom. The van der Waals surface area contributed by atoms with Crippen molar-refractivity contribution in [1.82, 2.24) is 20.5 Å². The maximum absolute atomic E-state index is 12.0. The van der Waals surface area contributed by atoms with E-state index in [-0.39, 0.29) is 29.9 Å². The number of guanidine groups is 1. The molecule has 1 aromatic heterocycles. The lowest BCUT2D eigenvalue weighted by Crippen LogP contribution is -2.40. The number of aromatic nitrogens is 1. The monoisotopic (exact) mass is 471 g/mol. The predicted molar refractivity (Wildman–Crippen MR) is 119 cm³/mol. The number of H-pyrrole nitrogens is 1. The lowest BCUT2D eigenvalue weighted by Gasteiger charge is -2.19. The van der Waals surface area contributed by atoms with Crippen molar-refractivity contribution in [2.24, 2.45) is 4.99 Å². The average molecular weight is 471 g/mol. The molecule has 2 aromatic rings. The quantitative estimate of drug-likeness (QED) is 0.315. The van der Waals surface area contributed by atoms with Crippen molar-refractivity contribution in [1.29, 1.82) is 0 Å². The zero-order chi connectivity index (χ0) is 18.1. The van der Waals surface area contributed by atoms with Crippen LogP contribution in [0.3, 0.4) is 0 Å². The van der Waals surface area contributed by atoms with Gasteiger partial charge in [-0.05, 0) is 38.3 Å². The van der Waals surface area contributed by atoms with Gasteiger partial charge < -0.3 is 20.5 Å². The summed E-state index contributed by atoms with van der Waals surface area (Å²) in [7, 11) is 0. The minimum absolute atomic E-state index is 0. The molecule has 0 saturated carbocycles. The van der Waals surface area contributed by atoms with Gasteiger partial charge >= 0.3 is 0 Å². The van der Waals surface area contributed by atoms with Crippen LogP contribution >= 0.6 is 24.0 Å². The van der Waals surface area contributed by atoms with Gasteiger partial charge in [0.15, 0.2) is 5.96 Å². The Labute approximate surface area is 172 Å². The van der Waals surface area contributed by atoms with Gasteiger partial charge in [0.2, 0.25) is 5.91 Å². The fraction of sp³-hybridized carbons (Fsp3) is 0.474. The molecule has 0 radical (unpaired) electrons. The Kier molecular flexibility index (Phi) is 10.1. The highest BCUT2D eigenvalue weighted by Crippen LogP contribution is 2.14. The van der Waals surface area contributed by atoms with Crippen LogP contribution in [0.5, 0.6) is 0 Å². The number of para-hydroxylation sites is 1. The summed E-state index contributed by atoms with van der Waals surface area (Å²) in [5.41, 5.74) is 2.19. The van der Waals surface area contributed by atoms with E-state index in [1.165, 1.54) is 5.39 Å². The van der Waals surface area contributed by atoms with E-state index >= 15 is 0 Å². The van der Waals surface area contributed by atoms with E-state index in [9.17, 15) is 4.79 Å². The second-order valence-corrected chi connectivity index (χ2v) is 5.82. The number of hydrogen-bond donors (Lipinski definition) is 3. The molecule has 0 atom stereocenters. The van der Waals surface area contributed by atoms with Gasteiger partial charge in [-0.15, -0.1) is 24.0 Å². The van der Waals surface area contributed by atoms with E-state index in [0.717, 1.165) is 36.8 Å². The second-order valence-electron chi connectivity index (χ2n) is 5.82. The molecule has 26 heavy (non-hydrogen) atoms. The molecule has 0 aliphatic rings. The molecular weight excluding hydrogens is 441 g/mol. The largest absolute Gasteiger partial charge is 0.357 e. The number of benzene rings is 1. The van der Waals surface area contributed by atoms with Gasteiger partial charge in [0.25, 0.3) is 0 Å². The highest BCUT2D eigenvalue weighted by atomic mass is 127. The number of carbonyl (C=O) groups excluding carboxylic acids is 1. The number of nitrogens with zero attached hydrogens (tertiary/aromatic N) is 2. The summed E-state index contributed by atoms with van der Waals surface area (Å²) in [5, 5.41) is 7.64. The molecular formula is C19H30IN5O. The first-order valence-corrected chi connectivity index (χ1v) is 9.04. The number of hydrogen-bond acceptors (Lipinski definition) is 2. The first kappa shape index (κ1) is 22.3. The SMILES string of the molecule is CCNC(=NCc1cc2ccccc2[nH]1)NCCC(=O)N(CC)CC.I. The van der Waals surface area contributed by atoms with Crippen molar-refractivity contribution in [3.63, 3.8) is 0 Å². The minimum atomic E-state index is 0. The molecule has 0 saturated heterocycles. The smallest absolute Gasteiger partial charge is 0.224 e. The number of amides is 1. The summed E-state index contributed by atoms with van der Waals surface area (Å²) >= 11 is 0. The van der Waals surface area contributed by atoms with Crippen LogP contribution in [0.1, 0.15) is 32.9 Å². The molecule has 0 spiro atoms. The van der Waals surface area contributed by atoms with E-state index in [1.54, 1.807) is 0 Å². The van der Waals surface area contributed by atoms with E-state index in [2.05, 4.69) is 38.8 Å². The minimum Gasteiger partial charge on any atom is -0.357 e. The maximum Gasteiger partial charge on any atom is 0.224 e. The van der Waals surface area contributed by atoms with E-state index in [1.807, 2.05) is 37.8 Å². The number of aromatic amines is 1. The van der Waals surface area contributed by atoms with Crippen LogP contribution in [0.25, 0.3) is 10.9 Å². The number of aliphatic imine (C=N–C) groups is 1. The first-order chi connectivity index (χ1) is 12.2. The number of carbonyl (C=O) groups is 1. The summed E-state index contributed by atoms with van der Waals surface area (Å²) in [6, 6.07) is 10.3. The van der Waals surface area contributed by atoms with Crippen LogP contribution in [0.4, 0.5) is 0 Å². The van der Waals surface area contributed by atoms with E-state index in [0.29, 0.717) is 19.5 Å². The third-order valence-electron chi connectivity index (χ3n) is 4.08. The van der Waals surface area contributed by atoms with Crippen molar-refractivity contribution in [3.05, 3.63) is 36.0 Å². The molecule has 1 amide bonds. The summed E-state index contributed by atoms with van der Waals surface area (Å²) in [6.45, 7) is 9.46. The van der Waals surface area contributed by atoms with Gasteiger partial charge in [0.1, 0.15) is 0 Å². The first-order valence-electron chi connectivity index (χ1n) is 9.04. The Bertz CT molecular complexity index is 676. The molecule has 0 aliphatic heterocycles. The van der Waals surface area contributed by atoms with Gasteiger partial charge in [-0.2, -0.15) is 0 Å². The topological polar surface area (TPSA) is 72.5 Å². The van der Waals surface area contributed by atoms with Crippen molar-refractivity contribution in [2.75, 3.05) is 26.2 Å². The van der Waals surface area contributed by atoms with Gasteiger partial charge in [-0.1, -0.05) is 18.2 Å². The molecule has 0 aliphatic carbocycles. The van der Waals surface area contributed by atoms with Crippen LogP contribution in [0.15, 0.2) is 35.3 Å². The number of nitrogens with one attached hydrogen (secondary N) is 3. The molecule has 0 fully saturated rings. The molecule has 0 bridgehead atoms. The normalized spacial score (nSPS) is 11.1. The van der Waals surface area contributed by atoms with Crippen molar-refractivity contribution in [2.45, 2.75) is 33.7 Å².